The average Bonchev–Trinajstić information content (AvgIpc) is 3.38. The zero-order chi connectivity index (χ0) is 22.4. The Bertz CT molecular complexity index is 1690. The molecule has 1 N–H and O–H groups in total. The van der Waals surface area contributed by atoms with Gasteiger partial charge >= 0.3 is 0 Å². The molecule has 33 heavy (non-hydrogen) atoms. The van der Waals surface area contributed by atoms with Crippen LogP contribution in [-0.2, 0) is 0 Å². The maximum atomic E-state index is 13.1. The van der Waals surface area contributed by atoms with Crippen molar-refractivity contribution in [3.8, 4) is 28.1 Å². The van der Waals surface area contributed by atoms with Crippen molar-refractivity contribution in [3.05, 3.63) is 113 Å². The lowest BCUT2D eigenvalue weighted by Crippen LogP contribution is -2.10. The van der Waals surface area contributed by atoms with Crippen LogP contribution in [-0.4, -0.2) is 19.5 Å². The molecule has 158 valence electrons. The molecule has 0 saturated carbocycles. The molecule has 0 aliphatic heterocycles. The van der Waals surface area contributed by atoms with Gasteiger partial charge in [0.2, 0.25) is 0 Å². The summed E-state index contributed by atoms with van der Waals surface area (Å²) in [5.74, 6) is 0. The molecule has 0 spiro atoms. The van der Waals surface area contributed by atoms with Gasteiger partial charge < -0.3 is 9.55 Å². The third-order valence-corrected chi connectivity index (χ3v) is 6.02. The number of pyridine rings is 3. The molecule has 0 fully saturated rings. The van der Waals surface area contributed by atoms with Crippen LogP contribution in [0.1, 0.15) is 0 Å². The Morgan fingerprint density at radius 1 is 0.879 bits per heavy atom. The first-order valence-corrected chi connectivity index (χ1v) is 10.9. The topological polar surface area (TPSA) is 63.6 Å². The number of H-pyrrole nitrogens is 1. The van der Waals surface area contributed by atoms with Crippen molar-refractivity contribution in [1.82, 2.24) is 19.5 Å². The number of rotatable bonds is 3. The summed E-state index contributed by atoms with van der Waals surface area (Å²) in [6.45, 7) is 0. The van der Waals surface area contributed by atoms with Gasteiger partial charge in [0.1, 0.15) is 5.65 Å². The zero-order valence-corrected chi connectivity index (χ0v) is 18.1. The van der Waals surface area contributed by atoms with E-state index in [4.69, 9.17) is 16.6 Å². The summed E-state index contributed by atoms with van der Waals surface area (Å²) in [4.78, 5) is 25.6. The van der Waals surface area contributed by atoms with E-state index in [9.17, 15) is 4.79 Å². The number of fused-ring (bicyclic) bond motifs is 2. The van der Waals surface area contributed by atoms with E-state index < -0.39 is 0 Å². The van der Waals surface area contributed by atoms with Crippen molar-refractivity contribution in [2.24, 2.45) is 0 Å². The first-order valence-electron chi connectivity index (χ1n) is 10.5. The fourth-order valence-electron chi connectivity index (χ4n) is 4.30. The predicted octanol–water partition coefficient (Wildman–Crippen LogP) is 6.25. The third-order valence-electron chi connectivity index (χ3n) is 5.73. The minimum Gasteiger partial charge on any atom is -0.346 e. The summed E-state index contributed by atoms with van der Waals surface area (Å²) in [5.41, 5.74) is 5.30. The van der Waals surface area contributed by atoms with E-state index in [1.54, 1.807) is 12.4 Å². The smallest absolute Gasteiger partial charge is 0.193 e. The fourth-order valence-corrected chi connectivity index (χ4v) is 4.58. The second-order valence-electron chi connectivity index (χ2n) is 7.74. The van der Waals surface area contributed by atoms with Gasteiger partial charge in [-0.15, -0.1) is 0 Å². The number of nitrogens with zero attached hydrogens (tertiary/aromatic N) is 3. The lowest BCUT2D eigenvalue weighted by Gasteiger charge is -2.19. The number of hydrogen-bond donors (Lipinski definition) is 1. The quantitative estimate of drug-likeness (QED) is 0.348. The Hall–Kier alpha value is -4.22. The van der Waals surface area contributed by atoms with Gasteiger partial charge in [-0.1, -0.05) is 48.0 Å². The van der Waals surface area contributed by atoms with Crippen molar-refractivity contribution < 1.29 is 0 Å². The Morgan fingerprint density at radius 2 is 1.70 bits per heavy atom. The van der Waals surface area contributed by atoms with Gasteiger partial charge in [-0.3, -0.25) is 9.78 Å². The number of halogens is 1. The van der Waals surface area contributed by atoms with Gasteiger partial charge in [-0.2, -0.15) is 0 Å². The molecule has 4 heterocycles. The molecule has 2 aromatic carbocycles. The Morgan fingerprint density at radius 3 is 2.52 bits per heavy atom. The number of aromatic nitrogens is 4. The maximum absolute atomic E-state index is 13.1. The maximum Gasteiger partial charge on any atom is 0.193 e. The first kappa shape index (κ1) is 19.5. The molecule has 6 heteroatoms. The summed E-state index contributed by atoms with van der Waals surface area (Å²) in [6, 6.07) is 23.2. The van der Waals surface area contributed by atoms with Crippen LogP contribution in [0.5, 0.6) is 0 Å². The van der Waals surface area contributed by atoms with Gasteiger partial charge in [0.05, 0.1) is 27.3 Å². The highest BCUT2D eigenvalue weighted by atomic mass is 35.5. The van der Waals surface area contributed by atoms with E-state index >= 15 is 0 Å². The van der Waals surface area contributed by atoms with Gasteiger partial charge in [0.15, 0.2) is 5.43 Å². The SMILES string of the molecule is O=c1cc[nH]c2nc(-c3ccccc3)c(-c3cc(Cl)c4ncccc4c3)c(-n3cccc3)c12. The largest absolute Gasteiger partial charge is 0.346 e. The highest BCUT2D eigenvalue weighted by Gasteiger charge is 2.22. The summed E-state index contributed by atoms with van der Waals surface area (Å²) in [7, 11) is 0. The molecule has 0 unspecified atom stereocenters. The zero-order valence-electron chi connectivity index (χ0n) is 17.4. The van der Waals surface area contributed by atoms with Crippen LogP contribution in [0.25, 0.3) is 50.0 Å². The normalized spacial score (nSPS) is 11.3. The van der Waals surface area contributed by atoms with Gasteiger partial charge in [0.25, 0.3) is 0 Å². The molecular weight excluding hydrogens is 432 g/mol. The van der Waals surface area contributed by atoms with Crippen LogP contribution in [0.15, 0.2) is 102 Å². The highest BCUT2D eigenvalue weighted by Crippen LogP contribution is 2.40. The minimum atomic E-state index is -0.102. The summed E-state index contributed by atoms with van der Waals surface area (Å²) >= 11 is 6.68. The fraction of sp³-hybridized carbons (Fsp3) is 0. The number of nitrogens with one attached hydrogen (secondary N) is 1. The molecule has 0 amide bonds. The molecule has 5 nitrogen and oxygen atoms in total. The lowest BCUT2D eigenvalue weighted by molar-refractivity contribution is 1.08. The van der Waals surface area contributed by atoms with Crippen LogP contribution < -0.4 is 5.43 Å². The number of hydrogen-bond acceptors (Lipinski definition) is 3. The Labute approximate surface area is 194 Å². The van der Waals surface area contributed by atoms with Crippen molar-refractivity contribution in [1.29, 1.82) is 0 Å². The van der Waals surface area contributed by atoms with E-state index in [2.05, 4.69) is 9.97 Å². The summed E-state index contributed by atoms with van der Waals surface area (Å²) < 4.78 is 1.96. The second kappa shape index (κ2) is 7.73. The molecule has 0 bridgehead atoms. The van der Waals surface area contributed by atoms with E-state index in [-0.39, 0.29) is 5.43 Å². The summed E-state index contributed by atoms with van der Waals surface area (Å²) in [5, 5.41) is 1.98. The Balaban J connectivity index is 1.83. The van der Waals surface area contributed by atoms with Crippen LogP contribution in [0.4, 0.5) is 0 Å². The van der Waals surface area contributed by atoms with E-state index in [0.29, 0.717) is 16.1 Å². The van der Waals surface area contributed by atoms with Crippen molar-refractivity contribution in [2.75, 3.05) is 0 Å². The van der Waals surface area contributed by atoms with E-state index in [0.717, 1.165) is 39.0 Å². The van der Waals surface area contributed by atoms with Crippen LogP contribution in [0.3, 0.4) is 0 Å². The molecule has 0 radical (unpaired) electrons. The molecule has 4 aromatic heterocycles. The van der Waals surface area contributed by atoms with Gasteiger partial charge in [-0.05, 0) is 35.9 Å². The standard InChI is InChI=1S/C27H17ClN4O/c28-20-16-19(15-18-9-6-11-29-24(18)20)22-25(17-7-2-1-3-8-17)31-27-23(21(33)10-12-30-27)26(22)32-13-4-5-14-32/h1-16H,(H,30,31,33). The number of aromatic amines is 1. The van der Waals surface area contributed by atoms with Crippen molar-refractivity contribution in [3.63, 3.8) is 0 Å². The molecule has 0 aliphatic carbocycles. The molecule has 6 rings (SSSR count). The van der Waals surface area contributed by atoms with Gasteiger partial charge in [0, 0.05) is 47.4 Å². The second-order valence-corrected chi connectivity index (χ2v) is 8.15. The van der Waals surface area contributed by atoms with Crippen LogP contribution in [0, 0.1) is 0 Å². The molecular formula is C27H17ClN4O. The molecule has 0 saturated heterocycles. The molecule has 0 aliphatic rings. The molecule has 6 aromatic rings. The van der Waals surface area contributed by atoms with Crippen LogP contribution in [0.2, 0.25) is 5.02 Å². The van der Waals surface area contributed by atoms with Crippen molar-refractivity contribution >= 4 is 33.5 Å². The average molecular weight is 449 g/mol. The first-order chi connectivity index (χ1) is 16.2. The van der Waals surface area contributed by atoms with Crippen LogP contribution >= 0.6 is 11.6 Å². The Kier molecular flexibility index (Phi) is 4.56. The van der Waals surface area contributed by atoms with Crippen molar-refractivity contribution in [2.45, 2.75) is 0 Å². The number of benzene rings is 2. The van der Waals surface area contributed by atoms with E-state index in [1.165, 1.54) is 6.07 Å². The lowest BCUT2D eigenvalue weighted by atomic mass is 9.94. The monoisotopic (exact) mass is 448 g/mol. The minimum absolute atomic E-state index is 0.102. The summed E-state index contributed by atoms with van der Waals surface area (Å²) in [6.07, 6.45) is 7.23. The third kappa shape index (κ3) is 3.22. The predicted molar refractivity (Wildman–Crippen MR) is 133 cm³/mol. The van der Waals surface area contributed by atoms with E-state index in [1.807, 2.05) is 83.7 Å². The highest BCUT2D eigenvalue weighted by molar-refractivity contribution is 6.35. The van der Waals surface area contributed by atoms with Gasteiger partial charge in [-0.25, -0.2) is 4.98 Å². The molecule has 0 atom stereocenters.